The summed E-state index contributed by atoms with van der Waals surface area (Å²) in [5.74, 6) is 0.985. The van der Waals surface area contributed by atoms with Gasteiger partial charge in [-0.15, -0.1) is 11.6 Å². The first kappa shape index (κ1) is 12.7. The van der Waals surface area contributed by atoms with Gasteiger partial charge >= 0.3 is 0 Å². The summed E-state index contributed by atoms with van der Waals surface area (Å²) >= 11 is 6.05. The van der Waals surface area contributed by atoms with Gasteiger partial charge in [-0.3, -0.25) is 4.79 Å². The van der Waals surface area contributed by atoms with Crippen LogP contribution in [0.2, 0.25) is 0 Å². The lowest BCUT2D eigenvalue weighted by Crippen LogP contribution is -2.46. The Morgan fingerprint density at radius 1 is 1.21 bits per heavy atom. The van der Waals surface area contributed by atoms with Gasteiger partial charge in [0, 0.05) is 44.5 Å². The van der Waals surface area contributed by atoms with Crippen molar-refractivity contribution >= 4 is 23.5 Å². The van der Waals surface area contributed by atoms with E-state index in [0.29, 0.717) is 19.0 Å². The third kappa shape index (κ3) is 2.66. The minimum absolute atomic E-state index is 0.0111. The van der Waals surface area contributed by atoms with Crippen LogP contribution < -0.4 is 4.90 Å². The summed E-state index contributed by atoms with van der Waals surface area (Å²) in [6, 6.07) is 2.15. The van der Waals surface area contributed by atoms with E-state index in [0.717, 1.165) is 31.9 Å². The summed E-state index contributed by atoms with van der Waals surface area (Å²) in [5.41, 5.74) is 0. The fraction of sp³-hybridized carbons (Fsp3) is 0.615. The molecule has 1 aromatic heterocycles. The molecule has 6 heteroatoms. The number of likely N-dealkylation sites (tertiary alicyclic amines) is 1. The van der Waals surface area contributed by atoms with E-state index in [9.17, 15) is 4.79 Å². The quantitative estimate of drug-likeness (QED) is 0.766. The first-order valence-corrected chi connectivity index (χ1v) is 7.13. The third-order valence-electron chi connectivity index (χ3n) is 3.85. The second-order valence-corrected chi connectivity index (χ2v) is 5.73. The maximum Gasteiger partial charge on any atom is 0.225 e. The highest BCUT2D eigenvalue weighted by Crippen LogP contribution is 2.25. The van der Waals surface area contributed by atoms with Gasteiger partial charge in [-0.1, -0.05) is 0 Å². The molecule has 1 atom stereocenters. The number of halogens is 1. The number of hydrogen-bond acceptors (Lipinski definition) is 4. The van der Waals surface area contributed by atoms with E-state index in [-0.39, 0.29) is 11.3 Å². The number of carbonyl (C=O) groups excluding carboxylic acids is 1. The summed E-state index contributed by atoms with van der Waals surface area (Å²) in [6.07, 6.45) is 5.94. The number of amides is 1. The van der Waals surface area contributed by atoms with Crippen LogP contribution in [0.25, 0.3) is 0 Å². The smallest absolute Gasteiger partial charge is 0.225 e. The van der Waals surface area contributed by atoms with Crippen LogP contribution in [-0.4, -0.2) is 51.8 Å². The highest BCUT2D eigenvalue weighted by molar-refractivity contribution is 6.22. The first-order valence-electron chi connectivity index (χ1n) is 6.69. The van der Waals surface area contributed by atoms with Crippen molar-refractivity contribution in [2.75, 3.05) is 24.5 Å². The molecular weight excluding hydrogens is 264 g/mol. The zero-order chi connectivity index (χ0) is 13.2. The molecule has 19 heavy (non-hydrogen) atoms. The molecular formula is C13H17ClN4O. The predicted octanol–water partition coefficient (Wildman–Crippen LogP) is 1.29. The van der Waals surface area contributed by atoms with Crippen LogP contribution in [0.1, 0.15) is 19.3 Å². The van der Waals surface area contributed by atoms with Crippen molar-refractivity contribution in [2.24, 2.45) is 0 Å². The minimum Gasteiger partial charge on any atom is -0.341 e. The SMILES string of the molecule is O=C1CC(Cl)CN1C1CCN(c2ncccn2)CC1. The van der Waals surface area contributed by atoms with Crippen molar-refractivity contribution in [1.82, 2.24) is 14.9 Å². The molecule has 0 radical (unpaired) electrons. The van der Waals surface area contributed by atoms with Crippen molar-refractivity contribution in [3.8, 4) is 0 Å². The molecule has 5 nitrogen and oxygen atoms in total. The Bertz CT molecular complexity index is 447. The molecule has 3 rings (SSSR count). The topological polar surface area (TPSA) is 49.3 Å². The average molecular weight is 281 g/mol. The average Bonchev–Trinajstić information content (AvgIpc) is 2.79. The summed E-state index contributed by atoms with van der Waals surface area (Å²) in [4.78, 5) is 24.5. The Kier molecular flexibility index (Phi) is 3.55. The van der Waals surface area contributed by atoms with Gasteiger partial charge < -0.3 is 9.80 Å². The van der Waals surface area contributed by atoms with Crippen LogP contribution in [0, 0.1) is 0 Å². The maximum atomic E-state index is 11.8. The van der Waals surface area contributed by atoms with Crippen molar-refractivity contribution in [3.05, 3.63) is 18.5 Å². The summed E-state index contributed by atoms with van der Waals surface area (Å²) in [6.45, 7) is 2.49. The monoisotopic (exact) mass is 280 g/mol. The van der Waals surface area contributed by atoms with Crippen LogP contribution in [0.15, 0.2) is 18.5 Å². The molecule has 2 aliphatic rings. The van der Waals surface area contributed by atoms with Gasteiger partial charge in [0.15, 0.2) is 0 Å². The van der Waals surface area contributed by atoms with Crippen LogP contribution >= 0.6 is 11.6 Å². The lowest BCUT2D eigenvalue weighted by molar-refractivity contribution is -0.130. The number of nitrogens with zero attached hydrogens (tertiary/aromatic N) is 4. The number of carbonyl (C=O) groups is 1. The largest absolute Gasteiger partial charge is 0.341 e. The second-order valence-electron chi connectivity index (χ2n) is 5.11. The van der Waals surface area contributed by atoms with Crippen molar-refractivity contribution < 1.29 is 4.79 Å². The van der Waals surface area contributed by atoms with Crippen LogP contribution in [0.5, 0.6) is 0 Å². The van der Waals surface area contributed by atoms with E-state index in [1.165, 1.54) is 0 Å². The lowest BCUT2D eigenvalue weighted by atomic mass is 10.0. The van der Waals surface area contributed by atoms with Crippen LogP contribution in [0.4, 0.5) is 5.95 Å². The summed E-state index contributed by atoms with van der Waals surface area (Å²) < 4.78 is 0. The molecule has 0 aliphatic carbocycles. The van der Waals surface area contributed by atoms with E-state index < -0.39 is 0 Å². The molecule has 0 spiro atoms. The normalized spacial score (nSPS) is 25.1. The van der Waals surface area contributed by atoms with E-state index >= 15 is 0 Å². The van der Waals surface area contributed by atoms with E-state index in [2.05, 4.69) is 14.9 Å². The predicted molar refractivity (Wildman–Crippen MR) is 73.2 cm³/mol. The van der Waals surface area contributed by atoms with Crippen LogP contribution in [0.3, 0.4) is 0 Å². The summed E-state index contributed by atoms with van der Waals surface area (Å²) in [7, 11) is 0. The third-order valence-corrected chi connectivity index (χ3v) is 4.14. The highest BCUT2D eigenvalue weighted by atomic mass is 35.5. The number of aromatic nitrogens is 2. The van der Waals surface area contributed by atoms with Gasteiger partial charge in [-0.05, 0) is 18.9 Å². The number of piperidine rings is 1. The molecule has 0 saturated carbocycles. The Balaban J connectivity index is 1.59. The molecule has 0 bridgehead atoms. The van der Waals surface area contributed by atoms with Gasteiger partial charge in [0.1, 0.15) is 0 Å². The molecule has 2 saturated heterocycles. The second kappa shape index (κ2) is 5.33. The van der Waals surface area contributed by atoms with E-state index in [4.69, 9.17) is 11.6 Å². The molecule has 2 aliphatic heterocycles. The van der Waals surface area contributed by atoms with Crippen LogP contribution in [-0.2, 0) is 4.79 Å². The highest BCUT2D eigenvalue weighted by Gasteiger charge is 2.35. The Labute approximate surface area is 117 Å². The van der Waals surface area contributed by atoms with Crippen molar-refractivity contribution in [1.29, 1.82) is 0 Å². The fourth-order valence-corrected chi connectivity index (χ4v) is 3.15. The maximum absolute atomic E-state index is 11.8. The van der Waals surface area contributed by atoms with Gasteiger partial charge in [-0.25, -0.2) is 9.97 Å². The van der Waals surface area contributed by atoms with Crippen molar-refractivity contribution in [3.63, 3.8) is 0 Å². The van der Waals surface area contributed by atoms with Gasteiger partial charge in [-0.2, -0.15) is 0 Å². The Morgan fingerprint density at radius 3 is 2.47 bits per heavy atom. The molecule has 1 unspecified atom stereocenters. The minimum atomic E-state index is -0.0111. The number of rotatable bonds is 2. The van der Waals surface area contributed by atoms with Crippen molar-refractivity contribution in [2.45, 2.75) is 30.7 Å². The summed E-state index contributed by atoms with van der Waals surface area (Å²) in [5, 5.41) is -0.0111. The molecule has 0 aromatic carbocycles. The molecule has 1 amide bonds. The van der Waals surface area contributed by atoms with E-state index in [1.807, 2.05) is 11.0 Å². The van der Waals surface area contributed by atoms with E-state index in [1.54, 1.807) is 12.4 Å². The molecule has 1 aromatic rings. The Morgan fingerprint density at radius 2 is 1.89 bits per heavy atom. The number of anilines is 1. The standard InChI is InChI=1S/C13H17ClN4O/c14-10-8-12(19)18(9-10)11-2-6-17(7-3-11)13-15-4-1-5-16-13/h1,4-5,10-11H,2-3,6-9H2. The Hall–Kier alpha value is -1.36. The molecule has 0 N–H and O–H groups in total. The van der Waals surface area contributed by atoms with Gasteiger partial charge in [0.05, 0.1) is 5.38 Å². The zero-order valence-corrected chi connectivity index (χ0v) is 11.5. The molecule has 3 heterocycles. The zero-order valence-electron chi connectivity index (χ0n) is 10.7. The lowest BCUT2D eigenvalue weighted by Gasteiger charge is -2.36. The van der Waals surface area contributed by atoms with Gasteiger partial charge in [0.2, 0.25) is 11.9 Å². The van der Waals surface area contributed by atoms with Gasteiger partial charge in [0.25, 0.3) is 0 Å². The first-order chi connectivity index (χ1) is 9.24. The molecule has 102 valence electrons. The number of alkyl halides is 1. The molecule has 2 fully saturated rings. The fourth-order valence-electron chi connectivity index (χ4n) is 2.87. The number of hydrogen-bond donors (Lipinski definition) is 0.